The molecule has 0 aromatic carbocycles. The summed E-state index contributed by atoms with van der Waals surface area (Å²) in [6.45, 7) is 2.97. The molecule has 4 N–H and O–H groups in total. The molecule has 0 spiro atoms. The lowest BCUT2D eigenvalue weighted by Crippen LogP contribution is -2.61. The number of allylic oxidation sites excluding steroid dienone is 4. The molecule has 3 fully saturated rings. The van der Waals surface area contributed by atoms with Gasteiger partial charge in [-0.15, -0.1) is 0 Å². The number of carbonyl (C=O) groups is 2. The van der Waals surface area contributed by atoms with Gasteiger partial charge in [0.25, 0.3) is 0 Å². The van der Waals surface area contributed by atoms with Crippen LogP contribution in [0.3, 0.4) is 0 Å². The molecule has 8 nitrogen and oxygen atoms in total. The lowest BCUT2D eigenvalue weighted by atomic mass is 9.46. The van der Waals surface area contributed by atoms with Gasteiger partial charge in [0.15, 0.2) is 11.6 Å². The van der Waals surface area contributed by atoms with Crippen LogP contribution in [0.4, 0.5) is 0 Å². The molecular weight excluding hydrogens is 411 g/mol. The second kappa shape index (κ2) is 6.92. The molecule has 166 valence electrons. The Labute approximate surface area is 175 Å². The third-order valence-corrected chi connectivity index (χ3v) is 8.94. The Balaban J connectivity index is 1.65. The molecule has 4 aliphatic carbocycles. The van der Waals surface area contributed by atoms with Gasteiger partial charge in [0.05, 0.1) is 6.10 Å². The lowest BCUT2D eigenvalue weighted by Gasteiger charge is -2.59. The zero-order valence-corrected chi connectivity index (χ0v) is 18.0. The molecule has 0 aromatic rings. The average molecular weight is 440 g/mol. The minimum atomic E-state index is -4.84. The predicted octanol–water partition coefficient (Wildman–Crippen LogP) is 1.67. The van der Waals surface area contributed by atoms with E-state index in [-0.39, 0.29) is 36.4 Å². The number of ketones is 2. The maximum atomic E-state index is 12.8. The van der Waals surface area contributed by atoms with Crippen molar-refractivity contribution in [1.29, 1.82) is 0 Å². The van der Waals surface area contributed by atoms with Crippen LogP contribution in [0.2, 0.25) is 0 Å². The first-order valence-electron chi connectivity index (χ1n) is 10.4. The molecule has 0 saturated heterocycles. The van der Waals surface area contributed by atoms with Gasteiger partial charge >= 0.3 is 7.82 Å². The van der Waals surface area contributed by atoms with Crippen LogP contribution in [-0.4, -0.2) is 49.9 Å². The van der Waals surface area contributed by atoms with E-state index in [1.807, 2.05) is 13.0 Å². The predicted molar refractivity (Wildman–Crippen MR) is 106 cm³/mol. The number of Topliss-reactive ketones (excluding diaryl/α,β-unsaturated/α-hetero) is 1. The number of carbonyl (C=O) groups excluding carboxylic acids is 2. The second-order valence-corrected chi connectivity index (χ2v) is 11.0. The third-order valence-electron chi connectivity index (χ3n) is 8.47. The van der Waals surface area contributed by atoms with E-state index in [0.29, 0.717) is 6.42 Å². The molecule has 0 amide bonds. The van der Waals surface area contributed by atoms with Crippen molar-refractivity contribution in [2.45, 2.75) is 57.7 Å². The molecule has 0 aliphatic heterocycles. The molecule has 4 aliphatic rings. The molecule has 0 aromatic heterocycles. The standard InChI is InChI=1S/C21H29O8P/c1-19-7-5-13(22)9-12(19)3-4-14-15-6-8-21(25,17(24)11-29-30(26,27)28)20(15,2)10-16(23)18(14)19/h5,7,9,14-16,18,23,25H,3-4,6,8,10-11H2,1-2H3,(H2,26,27,28)/t14-,15+,16-,18-,19-,20-,21-/m0/s1. The number of aliphatic hydroxyl groups is 2. The monoisotopic (exact) mass is 440 g/mol. The number of rotatable bonds is 4. The highest BCUT2D eigenvalue weighted by Gasteiger charge is 2.68. The topological polar surface area (TPSA) is 141 Å². The first-order chi connectivity index (χ1) is 13.8. The zero-order valence-electron chi connectivity index (χ0n) is 17.2. The highest BCUT2D eigenvalue weighted by molar-refractivity contribution is 7.46. The van der Waals surface area contributed by atoms with Gasteiger partial charge < -0.3 is 20.0 Å². The molecule has 0 radical (unpaired) electrons. The minimum Gasteiger partial charge on any atom is -0.393 e. The summed E-state index contributed by atoms with van der Waals surface area (Å²) in [6, 6.07) is 0. The van der Waals surface area contributed by atoms with E-state index < -0.39 is 42.7 Å². The number of fused-ring (bicyclic) bond motifs is 5. The molecular formula is C21H29O8P. The number of hydrogen-bond acceptors (Lipinski definition) is 6. The van der Waals surface area contributed by atoms with Crippen molar-refractivity contribution in [2.75, 3.05) is 6.61 Å². The van der Waals surface area contributed by atoms with Crippen LogP contribution >= 0.6 is 7.82 Å². The van der Waals surface area contributed by atoms with E-state index >= 15 is 0 Å². The van der Waals surface area contributed by atoms with Gasteiger partial charge in [0.2, 0.25) is 0 Å². The van der Waals surface area contributed by atoms with E-state index in [1.165, 1.54) is 0 Å². The molecule has 30 heavy (non-hydrogen) atoms. The van der Waals surface area contributed by atoms with E-state index in [2.05, 4.69) is 4.52 Å². The van der Waals surface area contributed by atoms with Gasteiger partial charge in [0, 0.05) is 16.7 Å². The molecule has 0 bridgehead atoms. The first kappa shape index (κ1) is 22.1. The summed E-state index contributed by atoms with van der Waals surface area (Å²) >= 11 is 0. The van der Waals surface area contributed by atoms with Gasteiger partial charge in [-0.3, -0.25) is 14.1 Å². The average Bonchev–Trinajstić information content (AvgIpc) is 2.91. The number of aliphatic hydroxyl groups excluding tert-OH is 1. The Morgan fingerprint density at radius 2 is 2.00 bits per heavy atom. The summed E-state index contributed by atoms with van der Waals surface area (Å²) in [4.78, 5) is 42.5. The van der Waals surface area contributed by atoms with Gasteiger partial charge in [-0.1, -0.05) is 25.5 Å². The van der Waals surface area contributed by atoms with Crippen LogP contribution in [0.5, 0.6) is 0 Å². The first-order valence-corrected chi connectivity index (χ1v) is 11.9. The van der Waals surface area contributed by atoms with Crippen molar-refractivity contribution in [1.82, 2.24) is 0 Å². The summed E-state index contributed by atoms with van der Waals surface area (Å²) in [5.74, 6) is -0.888. The van der Waals surface area contributed by atoms with Crippen molar-refractivity contribution in [3.05, 3.63) is 23.8 Å². The van der Waals surface area contributed by atoms with E-state index in [1.54, 1.807) is 19.1 Å². The van der Waals surface area contributed by atoms with Crippen molar-refractivity contribution >= 4 is 19.4 Å². The maximum Gasteiger partial charge on any atom is 0.470 e. The Bertz CT molecular complexity index is 889. The minimum absolute atomic E-state index is 0.0284. The quantitative estimate of drug-likeness (QED) is 0.484. The van der Waals surface area contributed by atoms with Crippen molar-refractivity contribution in [3.8, 4) is 0 Å². The number of hydrogen-bond donors (Lipinski definition) is 4. The van der Waals surface area contributed by atoms with E-state index in [9.17, 15) is 24.4 Å². The molecule has 3 saturated carbocycles. The van der Waals surface area contributed by atoms with Crippen LogP contribution in [0, 0.1) is 28.6 Å². The normalized spacial score (nSPS) is 45.4. The van der Waals surface area contributed by atoms with Crippen molar-refractivity contribution < 1.29 is 38.7 Å². The Kier molecular flexibility index (Phi) is 5.09. The van der Waals surface area contributed by atoms with Gasteiger partial charge in [-0.05, 0) is 56.1 Å². The van der Waals surface area contributed by atoms with Gasteiger partial charge in [-0.2, -0.15) is 0 Å². The van der Waals surface area contributed by atoms with Crippen LogP contribution < -0.4 is 0 Å². The van der Waals surface area contributed by atoms with Crippen molar-refractivity contribution in [2.24, 2.45) is 28.6 Å². The van der Waals surface area contributed by atoms with E-state index in [0.717, 1.165) is 18.4 Å². The Morgan fingerprint density at radius 1 is 1.30 bits per heavy atom. The zero-order chi connectivity index (χ0) is 22.1. The van der Waals surface area contributed by atoms with E-state index in [4.69, 9.17) is 9.79 Å². The maximum absolute atomic E-state index is 12.8. The summed E-state index contributed by atoms with van der Waals surface area (Å²) in [7, 11) is -4.84. The smallest absolute Gasteiger partial charge is 0.393 e. The highest BCUT2D eigenvalue weighted by Crippen LogP contribution is 2.67. The summed E-state index contributed by atoms with van der Waals surface area (Å²) in [5.41, 5.74) is -2.15. The fourth-order valence-electron chi connectivity index (χ4n) is 7.05. The third kappa shape index (κ3) is 3.12. The fourth-order valence-corrected chi connectivity index (χ4v) is 7.34. The summed E-state index contributed by atoms with van der Waals surface area (Å²) in [6.07, 6.45) is 6.76. The van der Waals surface area contributed by atoms with Crippen LogP contribution in [0.15, 0.2) is 23.8 Å². The SMILES string of the molecule is C[C@]12C=CC(=O)C=C1CC[C@@H]1[C@H]2[C@@H](O)C[C@@]2(C)[C@@H]1CC[C@]2(O)C(=O)COP(=O)(O)O. The van der Waals surface area contributed by atoms with Crippen LogP contribution in [0.1, 0.15) is 46.0 Å². The lowest BCUT2D eigenvalue weighted by molar-refractivity contribution is -0.178. The molecule has 7 atom stereocenters. The van der Waals surface area contributed by atoms with Gasteiger partial charge in [-0.25, -0.2) is 4.57 Å². The molecule has 0 heterocycles. The second-order valence-electron chi connectivity index (χ2n) is 9.80. The summed E-state index contributed by atoms with van der Waals surface area (Å²) < 4.78 is 15.4. The van der Waals surface area contributed by atoms with Gasteiger partial charge in [0.1, 0.15) is 12.2 Å². The largest absolute Gasteiger partial charge is 0.470 e. The molecule has 9 heteroatoms. The summed E-state index contributed by atoms with van der Waals surface area (Å²) in [5, 5.41) is 22.6. The Hall–Kier alpha value is -1.15. The van der Waals surface area contributed by atoms with Crippen LogP contribution in [0.25, 0.3) is 0 Å². The Morgan fingerprint density at radius 3 is 2.67 bits per heavy atom. The number of phosphoric acid groups is 1. The van der Waals surface area contributed by atoms with Crippen molar-refractivity contribution in [3.63, 3.8) is 0 Å². The fraction of sp³-hybridized carbons (Fsp3) is 0.714. The number of phosphoric ester groups is 1. The molecule has 0 unspecified atom stereocenters. The molecule has 4 rings (SSSR count). The van der Waals surface area contributed by atoms with Crippen LogP contribution in [-0.2, 0) is 18.7 Å². The highest BCUT2D eigenvalue weighted by atomic mass is 31.2.